The summed E-state index contributed by atoms with van der Waals surface area (Å²) in [6.45, 7) is 7.41. The molecule has 16 heavy (non-hydrogen) atoms. The minimum atomic E-state index is 0.232. The molecular formula is C14H24N2. The highest BCUT2D eigenvalue weighted by molar-refractivity contribution is 5.47. The minimum absolute atomic E-state index is 0.232. The zero-order valence-corrected chi connectivity index (χ0v) is 10.9. The average molecular weight is 220 g/mol. The van der Waals surface area contributed by atoms with Crippen LogP contribution >= 0.6 is 0 Å². The summed E-state index contributed by atoms with van der Waals surface area (Å²) >= 11 is 0. The standard InChI is InChI=1S/C14H24N2/c1-5-12-6-8-13(9-7-12)16(4)10-14(15)11(2)3/h6-9,11,14H,5,10,15H2,1-4H3. The number of likely N-dealkylation sites (N-methyl/N-ethyl adjacent to an activating group) is 1. The van der Waals surface area contributed by atoms with E-state index in [-0.39, 0.29) is 6.04 Å². The van der Waals surface area contributed by atoms with E-state index in [1.165, 1.54) is 11.3 Å². The summed E-state index contributed by atoms with van der Waals surface area (Å²) in [7, 11) is 2.10. The van der Waals surface area contributed by atoms with Crippen molar-refractivity contribution in [1.82, 2.24) is 0 Å². The lowest BCUT2D eigenvalue weighted by atomic mass is 10.0. The van der Waals surface area contributed by atoms with Gasteiger partial charge in [0.25, 0.3) is 0 Å². The highest BCUT2D eigenvalue weighted by Crippen LogP contribution is 2.15. The zero-order chi connectivity index (χ0) is 12.1. The van der Waals surface area contributed by atoms with E-state index in [1.54, 1.807) is 0 Å². The van der Waals surface area contributed by atoms with Gasteiger partial charge in [0.15, 0.2) is 0 Å². The molecule has 0 aliphatic rings. The Balaban J connectivity index is 2.62. The van der Waals surface area contributed by atoms with Crippen molar-refractivity contribution in [2.24, 2.45) is 11.7 Å². The minimum Gasteiger partial charge on any atom is -0.373 e. The molecule has 0 saturated heterocycles. The average Bonchev–Trinajstić information content (AvgIpc) is 2.28. The summed E-state index contributed by atoms with van der Waals surface area (Å²) in [4.78, 5) is 2.23. The second kappa shape index (κ2) is 5.90. The Morgan fingerprint density at radius 1 is 1.19 bits per heavy atom. The van der Waals surface area contributed by atoms with Crippen molar-refractivity contribution in [3.05, 3.63) is 29.8 Å². The molecule has 0 aliphatic heterocycles. The number of hydrogen-bond donors (Lipinski definition) is 1. The number of hydrogen-bond acceptors (Lipinski definition) is 2. The van der Waals surface area contributed by atoms with E-state index in [0.29, 0.717) is 5.92 Å². The lowest BCUT2D eigenvalue weighted by Gasteiger charge is -2.25. The first kappa shape index (κ1) is 13.0. The third kappa shape index (κ3) is 3.53. The molecule has 0 bridgehead atoms. The lowest BCUT2D eigenvalue weighted by molar-refractivity contribution is 0.493. The van der Waals surface area contributed by atoms with Gasteiger partial charge >= 0.3 is 0 Å². The number of nitrogens with two attached hydrogens (primary N) is 1. The van der Waals surface area contributed by atoms with Gasteiger partial charge in [-0.2, -0.15) is 0 Å². The van der Waals surface area contributed by atoms with Crippen molar-refractivity contribution in [3.63, 3.8) is 0 Å². The second-order valence-corrected chi connectivity index (χ2v) is 4.81. The summed E-state index contributed by atoms with van der Waals surface area (Å²) in [6, 6.07) is 8.95. The van der Waals surface area contributed by atoms with E-state index in [2.05, 4.69) is 57.0 Å². The van der Waals surface area contributed by atoms with Gasteiger partial charge in [-0.3, -0.25) is 0 Å². The van der Waals surface area contributed by atoms with E-state index in [1.807, 2.05) is 0 Å². The summed E-state index contributed by atoms with van der Waals surface area (Å²) in [6.07, 6.45) is 1.09. The van der Waals surface area contributed by atoms with Crippen LogP contribution in [0, 0.1) is 5.92 Å². The molecule has 0 fully saturated rings. The van der Waals surface area contributed by atoms with Gasteiger partial charge in [-0.25, -0.2) is 0 Å². The Bertz CT molecular complexity index is 303. The van der Waals surface area contributed by atoms with Crippen molar-refractivity contribution in [2.45, 2.75) is 33.2 Å². The quantitative estimate of drug-likeness (QED) is 0.826. The normalized spacial score (nSPS) is 12.9. The first-order valence-electron chi connectivity index (χ1n) is 6.10. The van der Waals surface area contributed by atoms with Crippen LogP contribution in [0.1, 0.15) is 26.3 Å². The zero-order valence-electron chi connectivity index (χ0n) is 10.9. The largest absolute Gasteiger partial charge is 0.373 e. The van der Waals surface area contributed by atoms with Crippen molar-refractivity contribution >= 4 is 5.69 Å². The van der Waals surface area contributed by atoms with Gasteiger partial charge in [0.05, 0.1) is 0 Å². The second-order valence-electron chi connectivity index (χ2n) is 4.81. The van der Waals surface area contributed by atoms with Gasteiger partial charge in [0.1, 0.15) is 0 Å². The SMILES string of the molecule is CCc1ccc(N(C)CC(N)C(C)C)cc1. The van der Waals surface area contributed by atoms with Crippen LogP contribution in [-0.2, 0) is 6.42 Å². The van der Waals surface area contributed by atoms with Crippen molar-refractivity contribution in [3.8, 4) is 0 Å². The number of benzene rings is 1. The highest BCUT2D eigenvalue weighted by Gasteiger charge is 2.10. The van der Waals surface area contributed by atoms with Gasteiger partial charge < -0.3 is 10.6 Å². The van der Waals surface area contributed by atoms with Crippen molar-refractivity contribution in [2.75, 3.05) is 18.5 Å². The molecular weight excluding hydrogens is 196 g/mol. The van der Waals surface area contributed by atoms with Crippen LogP contribution in [0.2, 0.25) is 0 Å². The molecule has 2 heteroatoms. The Morgan fingerprint density at radius 2 is 1.75 bits per heavy atom. The van der Waals surface area contributed by atoms with E-state index < -0.39 is 0 Å². The van der Waals surface area contributed by atoms with Crippen LogP contribution in [0.3, 0.4) is 0 Å². The Kier molecular flexibility index (Phi) is 4.81. The van der Waals surface area contributed by atoms with E-state index in [0.717, 1.165) is 13.0 Å². The summed E-state index contributed by atoms with van der Waals surface area (Å²) in [5, 5.41) is 0. The maximum atomic E-state index is 6.07. The third-order valence-corrected chi connectivity index (χ3v) is 3.13. The van der Waals surface area contributed by atoms with Crippen molar-refractivity contribution in [1.29, 1.82) is 0 Å². The monoisotopic (exact) mass is 220 g/mol. The maximum absolute atomic E-state index is 6.07. The van der Waals surface area contributed by atoms with Gasteiger partial charge in [-0.15, -0.1) is 0 Å². The van der Waals surface area contributed by atoms with Crippen LogP contribution in [0.4, 0.5) is 5.69 Å². The summed E-state index contributed by atoms with van der Waals surface area (Å²) in [5.74, 6) is 0.525. The van der Waals surface area contributed by atoms with Gasteiger partial charge in [-0.1, -0.05) is 32.9 Å². The molecule has 0 aliphatic carbocycles. The van der Waals surface area contributed by atoms with Crippen molar-refractivity contribution < 1.29 is 0 Å². The molecule has 0 aromatic heterocycles. The lowest BCUT2D eigenvalue weighted by Crippen LogP contribution is -2.38. The fourth-order valence-corrected chi connectivity index (χ4v) is 1.62. The molecule has 1 rings (SSSR count). The molecule has 1 aromatic carbocycles. The number of anilines is 1. The Labute approximate surface area is 99.5 Å². The van der Waals surface area contributed by atoms with Gasteiger partial charge in [0, 0.05) is 25.3 Å². The molecule has 0 heterocycles. The van der Waals surface area contributed by atoms with E-state index in [9.17, 15) is 0 Å². The smallest absolute Gasteiger partial charge is 0.0364 e. The fourth-order valence-electron chi connectivity index (χ4n) is 1.62. The number of nitrogens with zero attached hydrogens (tertiary/aromatic N) is 1. The van der Waals surface area contributed by atoms with Crippen LogP contribution in [0.5, 0.6) is 0 Å². The predicted molar refractivity (Wildman–Crippen MR) is 71.9 cm³/mol. The Hall–Kier alpha value is -1.02. The Morgan fingerprint density at radius 3 is 2.19 bits per heavy atom. The maximum Gasteiger partial charge on any atom is 0.0364 e. The molecule has 1 atom stereocenters. The molecule has 2 nitrogen and oxygen atoms in total. The first-order valence-corrected chi connectivity index (χ1v) is 6.10. The van der Waals surface area contributed by atoms with E-state index in [4.69, 9.17) is 5.73 Å². The first-order chi connectivity index (χ1) is 7.54. The molecule has 0 saturated carbocycles. The molecule has 1 unspecified atom stereocenters. The van der Waals surface area contributed by atoms with Gasteiger partial charge in [0.2, 0.25) is 0 Å². The molecule has 1 aromatic rings. The summed E-state index contributed by atoms with van der Waals surface area (Å²) in [5.41, 5.74) is 8.69. The number of aryl methyl sites for hydroxylation is 1. The molecule has 0 amide bonds. The third-order valence-electron chi connectivity index (χ3n) is 3.13. The number of rotatable bonds is 5. The summed E-state index contributed by atoms with van der Waals surface area (Å²) < 4.78 is 0. The molecule has 0 spiro atoms. The molecule has 0 radical (unpaired) electrons. The highest BCUT2D eigenvalue weighted by atomic mass is 15.1. The van der Waals surface area contributed by atoms with E-state index >= 15 is 0 Å². The fraction of sp³-hybridized carbons (Fsp3) is 0.571. The topological polar surface area (TPSA) is 29.3 Å². The van der Waals surface area contributed by atoms with Crippen LogP contribution < -0.4 is 10.6 Å². The molecule has 90 valence electrons. The predicted octanol–water partition coefficient (Wildman–Crippen LogP) is 2.67. The van der Waals surface area contributed by atoms with Crippen LogP contribution in [-0.4, -0.2) is 19.6 Å². The molecule has 2 N–H and O–H groups in total. The van der Waals surface area contributed by atoms with Crippen LogP contribution in [0.15, 0.2) is 24.3 Å². The van der Waals surface area contributed by atoms with Gasteiger partial charge in [-0.05, 0) is 30.0 Å². The van der Waals surface area contributed by atoms with Crippen LogP contribution in [0.25, 0.3) is 0 Å².